The fraction of sp³-hybridized carbons (Fsp3) is 0.188. The van der Waals surface area contributed by atoms with Crippen LogP contribution in [0.15, 0.2) is 42.5 Å². The van der Waals surface area contributed by atoms with Gasteiger partial charge in [0.05, 0.1) is 0 Å². The van der Waals surface area contributed by atoms with Gasteiger partial charge < -0.3 is 10.6 Å². The molecule has 0 radical (unpaired) electrons. The molecule has 0 unspecified atom stereocenters. The molecule has 0 saturated carbocycles. The molecule has 0 aliphatic rings. The molecule has 2 nitrogen and oxygen atoms in total. The number of halogens is 1. The summed E-state index contributed by atoms with van der Waals surface area (Å²) in [7, 11) is 0. The zero-order valence-electron chi connectivity index (χ0n) is 11.5. The summed E-state index contributed by atoms with van der Waals surface area (Å²) in [6.07, 6.45) is 0. The van der Waals surface area contributed by atoms with E-state index in [9.17, 15) is 0 Å². The topological polar surface area (TPSA) is 24.1 Å². The van der Waals surface area contributed by atoms with Crippen LogP contribution in [0.1, 0.15) is 16.7 Å². The lowest BCUT2D eigenvalue weighted by Crippen LogP contribution is -2.27. The molecule has 104 valence electrons. The molecular weight excluding hydrogens is 288 g/mol. The molecule has 0 aliphatic carbocycles. The number of nitrogens with one attached hydrogen (secondary N) is 2. The molecule has 0 aliphatic heterocycles. The standard InChI is InChI=1S/C16H17ClN2S/c1-11-3-8-15(9-12(11)2)19-16(20)18-10-13-4-6-14(17)7-5-13/h3-9H,10H2,1-2H3,(H2,18,19,20). The van der Waals surface area contributed by atoms with Gasteiger partial charge in [-0.1, -0.05) is 29.8 Å². The highest BCUT2D eigenvalue weighted by atomic mass is 35.5. The maximum Gasteiger partial charge on any atom is 0.171 e. The molecule has 2 aromatic rings. The van der Waals surface area contributed by atoms with Crippen LogP contribution in [0.3, 0.4) is 0 Å². The van der Waals surface area contributed by atoms with Crippen LogP contribution in [-0.2, 0) is 6.54 Å². The van der Waals surface area contributed by atoms with E-state index in [1.54, 1.807) is 0 Å². The summed E-state index contributed by atoms with van der Waals surface area (Å²) in [5.74, 6) is 0. The van der Waals surface area contributed by atoms with Crippen LogP contribution < -0.4 is 10.6 Å². The maximum absolute atomic E-state index is 5.85. The molecule has 0 bridgehead atoms. The summed E-state index contributed by atoms with van der Waals surface area (Å²) in [6.45, 7) is 4.86. The molecule has 4 heteroatoms. The van der Waals surface area contributed by atoms with Crippen molar-refractivity contribution in [3.8, 4) is 0 Å². The van der Waals surface area contributed by atoms with E-state index in [-0.39, 0.29) is 0 Å². The Hall–Kier alpha value is -1.58. The van der Waals surface area contributed by atoms with Crippen molar-refractivity contribution < 1.29 is 0 Å². The quantitative estimate of drug-likeness (QED) is 0.820. The van der Waals surface area contributed by atoms with Crippen LogP contribution in [0.2, 0.25) is 5.02 Å². The van der Waals surface area contributed by atoms with Crippen molar-refractivity contribution in [2.75, 3.05) is 5.32 Å². The third kappa shape index (κ3) is 4.22. The molecule has 0 heterocycles. The van der Waals surface area contributed by atoms with Gasteiger partial charge in [0.2, 0.25) is 0 Å². The van der Waals surface area contributed by atoms with Gasteiger partial charge in [0.1, 0.15) is 0 Å². The number of rotatable bonds is 3. The fourth-order valence-corrected chi connectivity index (χ4v) is 2.10. The predicted octanol–water partition coefficient (Wildman–Crippen LogP) is 4.44. The highest BCUT2D eigenvalue weighted by Gasteiger charge is 2.00. The Bertz CT molecular complexity index is 608. The largest absolute Gasteiger partial charge is 0.358 e. The zero-order valence-corrected chi connectivity index (χ0v) is 13.1. The molecule has 0 spiro atoms. The van der Waals surface area contributed by atoms with Gasteiger partial charge in [0.15, 0.2) is 5.11 Å². The molecule has 2 aromatic carbocycles. The van der Waals surface area contributed by atoms with Crippen LogP contribution in [0, 0.1) is 13.8 Å². The van der Waals surface area contributed by atoms with Gasteiger partial charge in [0, 0.05) is 17.3 Å². The fourth-order valence-electron chi connectivity index (χ4n) is 1.78. The average molecular weight is 305 g/mol. The van der Waals surface area contributed by atoms with E-state index >= 15 is 0 Å². The van der Waals surface area contributed by atoms with E-state index in [4.69, 9.17) is 23.8 Å². The average Bonchev–Trinajstić information content (AvgIpc) is 2.42. The first-order valence-electron chi connectivity index (χ1n) is 6.41. The Balaban J connectivity index is 1.89. The first-order chi connectivity index (χ1) is 9.54. The monoisotopic (exact) mass is 304 g/mol. The third-order valence-corrected chi connectivity index (χ3v) is 3.63. The molecular formula is C16H17ClN2S. The Morgan fingerprint density at radius 1 is 1.05 bits per heavy atom. The summed E-state index contributed by atoms with van der Waals surface area (Å²) >= 11 is 11.1. The van der Waals surface area contributed by atoms with Crippen LogP contribution in [0.5, 0.6) is 0 Å². The van der Waals surface area contributed by atoms with Crippen molar-refractivity contribution in [3.05, 3.63) is 64.2 Å². The van der Waals surface area contributed by atoms with Gasteiger partial charge in [-0.25, -0.2) is 0 Å². The van der Waals surface area contributed by atoms with Crippen molar-refractivity contribution >= 4 is 34.6 Å². The summed E-state index contributed by atoms with van der Waals surface area (Å²) < 4.78 is 0. The van der Waals surface area contributed by atoms with Crippen molar-refractivity contribution in [1.82, 2.24) is 5.32 Å². The van der Waals surface area contributed by atoms with E-state index in [0.717, 1.165) is 16.3 Å². The molecule has 0 saturated heterocycles. The Kier molecular flexibility index (Phi) is 4.99. The van der Waals surface area contributed by atoms with Crippen molar-refractivity contribution in [1.29, 1.82) is 0 Å². The minimum Gasteiger partial charge on any atom is -0.358 e. The normalized spacial score (nSPS) is 10.2. The lowest BCUT2D eigenvalue weighted by atomic mass is 10.1. The summed E-state index contributed by atoms with van der Waals surface area (Å²) in [5.41, 5.74) is 4.66. The van der Waals surface area contributed by atoms with Crippen molar-refractivity contribution in [2.45, 2.75) is 20.4 Å². The van der Waals surface area contributed by atoms with Crippen LogP contribution in [0.4, 0.5) is 5.69 Å². The molecule has 2 rings (SSSR count). The van der Waals surface area contributed by atoms with Crippen molar-refractivity contribution in [2.24, 2.45) is 0 Å². The van der Waals surface area contributed by atoms with E-state index in [2.05, 4.69) is 36.6 Å². The molecule has 0 amide bonds. The van der Waals surface area contributed by atoms with Gasteiger partial charge in [-0.05, 0) is 67.0 Å². The first-order valence-corrected chi connectivity index (χ1v) is 7.20. The van der Waals surface area contributed by atoms with Gasteiger partial charge in [-0.15, -0.1) is 0 Å². The first kappa shape index (κ1) is 14.8. The molecule has 0 atom stereocenters. The Morgan fingerprint density at radius 3 is 2.40 bits per heavy atom. The van der Waals surface area contributed by atoms with E-state index in [0.29, 0.717) is 11.7 Å². The van der Waals surface area contributed by atoms with E-state index in [1.807, 2.05) is 30.3 Å². The minimum absolute atomic E-state index is 0.614. The second kappa shape index (κ2) is 6.73. The predicted molar refractivity (Wildman–Crippen MR) is 90.4 cm³/mol. The smallest absolute Gasteiger partial charge is 0.171 e. The van der Waals surface area contributed by atoms with Crippen LogP contribution >= 0.6 is 23.8 Å². The molecule has 0 aromatic heterocycles. The lowest BCUT2D eigenvalue weighted by molar-refractivity contribution is 0.926. The lowest BCUT2D eigenvalue weighted by Gasteiger charge is -2.12. The molecule has 0 fully saturated rings. The maximum atomic E-state index is 5.85. The number of hydrogen-bond donors (Lipinski definition) is 2. The summed E-state index contributed by atoms with van der Waals surface area (Å²) in [6, 6.07) is 13.9. The van der Waals surface area contributed by atoms with E-state index < -0.39 is 0 Å². The van der Waals surface area contributed by atoms with E-state index in [1.165, 1.54) is 11.1 Å². The highest BCUT2D eigenvalue weighted by molar-refractivity contribution is 7.80. The van der Waals surface area contributed by atoms with Gasteiger partial charge >= 0.3 is 0 Å². The zero-order chi connectivity index (χ0) is 14.5. The van der Waals surface area contributed by atoms with Gasteiger partial charge in [-0.3, -0.25) is 0 Å². The van der Waals surface area contributed by atoms with Gasteiger partial charge in [-0.2, -0.15) is 0 Å². The number of benzene rings is 2. The number of aryl methyl sites for hydroxylation is 2. The summed E-state index contributed by atoms with van der Waals surface area (Å²) in [5, 5.41) is 7.72. The van der Waals surface area contributed by atoms with Crippen LogP contribution in [0.25, 0.3) is 0 Å². The number of hydrogen-bond acceptors (Lipinski definition) is 1. The second-order valence-corrected chi connectivity index (χ2v) is 5.58. The third-order valence-electron chi connectivity index (χ3n) is 3.13. The molecule has 20 heavy (non-hydrogen) atoms. The van der Waals surface area contributed by atoms with Gasteiger partial charge in [0.25, 0.3) is 0 Å². The Labute approximate surface area is 130 Å². The minimum atomic E-state index is 0.614. The number of anilines is 1. The SMILES string of the molecule is Cc1ccc(NC(=S)NCc2ccc(Cl)cc2)cc1C. The highest BCUT2D eigenvalue weighted by Crippen LogP contribution is 2.14. The van der Waals surface area contributed by atoms with Crippen LogP contribution in [-0.4, -0.2) is 5.11 Å². The number of thiocarbonyl (C=S) groups is 1. The second-order valence-electron chi connectivity index (χ2n) is 4.73. The molecule has 2 N–H and O–H groups in total. The Morgan fingerprint density at radius 2 is 1.75 bits per heavy atom. The van der Waals surface area contributed by atoms with Crippen molar-refractivity contribution in [3.63, 3.8) is 0 Å². The summed E-state index contributed by atoms with van der Waals surface area (Å²) in [4.78, 5) is 0.